The third kappa shape index (κ3) is 3.49. The van der Waals surface area contributed by atoms with Gasteiger partial charge in [0.1, 0.15) is 0 Å². The molecule has 2 nitrogen and oxygen atoms in total. The SMILES string of the molecule is Cc1ccc(C(CN)Nc2cc(Cl)ccc2C)cc1. The van der Waals surface area contributed by atoms with Crippen LogP contribution in [0.1, 0.15) is 22.7 Å². The Balaban J connectivity index is 2.23. The number of rotatable bonds is 4. The number of hydrogen-bond acceptors (Lipinski definition) is 2. The molecule has 19 heavy (non-hydrogen) atoms. The molecule has 0 saturated carbocycles. The summed E-state index contributed by atoms with van der Waals surface area (Å²) in [7, 11) is 0. The number of nitrogens with one attached hydrogen (secondary N) is 1. The maximum absolute atomic E-state index is 6.04. The fourth-order valence-electron chi connectivity index (χ4n) is 2.01. The van der Waals surface area contributed by atoms with Gasteiger partial charge in [0.15, 0.2) is 0 Å². The van der Waals surface area contributed by atoms with Crippen molar-refractivity contribution in [2.75, 3.05) is 11.9 Å². The van der Waals surface area contributed by atoms with Crippen molar-refractivity contribution in [1.29, 1.82) is 0 Å². The van der Waals surface area contributed by atoms with Gasteiger partial charge in [-0.1, -0.05) is 47.5 Å². The number of anilines is 1. The van der Waals surface area contributed by atoms with Crippen LogP contribution < -0.4 is 11.1 Å². The third-order valence-electron chi connectivity index (χ3n) is 3.24. The molecule has 1 unspecified atom stereocenters. The minimum atomic E-state index is 0.0952. The molecule has 0 bridgehead atoms. The number of aryl methyl sites for hydroxylation is 2. The van der Waals surface area contributed by atoms with Crippen molar-refractivity contribution in [3.63, 3.8) is 0 Å². The van der Waals surface area contributed by atoms with Gasteiger partial charge in [0.25, 0.3) is 0 Å². The Morgan fingerprint density at radius 2 is 1.79 bits per heavy atom. The van der Waals surface area contributed by atoms with Crippen molar-refractivity contribution in [3.05, 3.63) is 64.2 Å². The third-order valence-corrected chi connectivity index (χ3v) is 3.48. The molecule has 3 N–H and O–H groups in total. The van der Waals surface area contributed by atoms with Crippen LogP contribution >= 0.6 is 11.6 Å². The van der Waals surface area contributed by atoms with E-state index in [-0.39, 0.29) is 6.04 Å². The predicted molar refractivity (Wildman–Crippen MR) is 82.8 cm³/mol. The van der Waals surface area contributed by atoms with E-state index in [1.807, 2.05) is 18.2 Å². The lowest BCUT2D eigenvalue weighted by Crippen LogP contribution is -2.21. The van der Waals surface area contributed by atoms with E-state index < -0.39 is 0 Å². The second kappa shape index (κ2) is 6.09. The molecule has 0 aliphatic carbocycles. The highest BCUT2D eigenvalue weighted by Gasteiger charge is 2.10. The lowest BCUT2D eigenvalue weighted by atomic mass is 10.0. The summed E-state index contributed by atoms with van der Waals surface area (Å²) in [5.74, 6) is 0. The van der Waals surface area contributed by atoms with Gasteiger partial charge in [0.2, 0.25) is 0 Å². The van der Waals surface area contributed by atoms with Gasteiger partial charge >= 0.3 is 0 Å². The summed E-state index contributed by atoms with van der Waals surface area (Å²) >= 11 is 6.04. The first-order chi connectivity index (χ1) is 9.10. The van der Waals surface area contributed by atoms with E-state index in [0.29, 0.717) is 6.54 Å². The molecule has 100 valence electrons. The first-order valence-corrected chi connectivity index (χ1v) is 6.77. The zero-order valence-electron chi connectivity index (χ0n) is 11.3. The number of hydrogen-bond donors (Lipinski definition) is 2. The molecule has 0 saturated heterocycles. The molecule has 0 fully saturated rings. The van der Waals surface area contributed by atoms with E-state index in [1.165, 1.54) is 11.1 Å². The standard InChI is InChI=1S/C16H19ClN2/c1-11-3-6-13(7-4-11)16(10-18)19-15-9-14(17)8-5-12(15)2/h3-9,16,19H,10,18H2,1-2H3. The summed E-state index contributed by atoms with van der Waals surface area (Å²) < 4.78 is 0. The van der Waals surface area contributed by atoms with Crippen LogP contribution in [0, 0.1) is 13.8 Å². The lowest BCUT2D eigenvalue weighted by Gasteiger charge is -2.20. The Labute approximate surface area is 119 Å². The molecule has 0 spiro atoms. The van der Waals surface area contributed by atoms with Gasteiger partial charge in [-0.3, -0.25) is 0 Å². The Morgan fingerprint density at radius 3 is 2.42 bits per heavy atom. The highest BCUT2D eigenvalue weighted by molar-refractivity contribution is 6.30. The average Bonchev–Trinajstić information content (AvgIpc) is 2.41. The molecule has 0 heterocycles. The Kier molecular flexibility index (Phi) is 4.46. The summed E-state index contributed by atoms with van der Waals surface area (Å²) in [6.07, 6.45) is 0. The van der Waals surface area contributed by atoms with Gasteiger partial charge in [-0.2, -0.15) is 0 Å². The molecule has 2 aromatic rings. The zero-order chi connectivity index (χ0) is 13.8. The minimum Gasteiger partial charge on any atom is -0.377 e. The van der Waals surface area contributed by atoms with E-state index in [0.717, 1.165) is 16.3 Å². The summed E-state index contributed by atoms with van der Waals surface area (Å²) in [5, 5.41) is 4.19. The highest BCUT2D eigenvalue weighted by atomic mass is 35.5. The van der Waals surface area contributed by atoms with Crippen LogP contribution in [-0.2, 0) is 0 Å². The van der Waals surface area contributed by atoms with Crippen molar-refractivity contribution in [3.8, 4) is 0 Å². The highest BCUT2D eigenvalue weighted by Crippen LogP contribution is 2.25. The molecule has 0 aliphatic rings. The Hall–Kier alpha value is -1.51. The first-order valence-electron chi connectivity index (χ1n) is 6.39. The zero-order valence-corrected chi connectivity index (χ0v) is 12.0. The van der Waals surface area contributed by atoms with E-state index in [4.69, 9.17) is 17.3 Å². The largest absolute Gasteiger partial charge is 0.377 e. The molecular weight excluding hydrogens is 256 g/mol. The summed E-state index contributed by atoms with van der Waals surface area (Å²) in [4.78, 5) is 0. The van der Waals surface area contributed by atoms with Gasteiger partial charge in [-0.15, -0.1) is 0 Å². The van der Waals surface area contributed by atoms with Crippen molar-refractivity contribution in [2.45, 2.75) is 19.9 Å². The van der Waals surface area contributed by atoms with E-state index >= 15 is 0 Å². The molecule has 1 atom stereocenters. The van der Waals surface area contributed by atoms with Crippen LogP contribution in [0.4, 0.5) is 5.69 Å². The maximum Gasteiger partial charge on any atom is 0.0636 e. The van der Waals surface area contributed by atoms with Crippen LogP contribution in [0.15, 0.2) is 42.5 Å². The molecular formula is C16H19ClN2. The van der Waals surface area contributed by atoms with E-state index in [2.05, 4.69) is 43.4 Å². The van der Waals surface area contributed by atoms with E-state index in [1.54, 1.807) is 0 Å². The molecule has 0 radical (unpaired) electrons. The number of nitrogens with two attached hydrogens (primary N) is 1. The van der Waals surface area contributed by atoms with Crippen LogP contribution in [0.5, 0.6) is 0 Å². The monoisotopic (exact) mass is 274 g/mol. The fourth-order valence-corrected chi connectivity index (χ4v) is 2.19. The van der Waals surface area contributed by atoms with Crippen LogP contribution in [-0.4, -0.2) is 6.54 Å². The number of halogens is 1. The number of benzene rings is 2. The topological polar surface area (TPSA) is 38.0 Å². The van der Waals surface area contributed by atoms with Crippen molar-refractivity contribution in [1.82, 2.24) is 0 Å². The average molecular weight is 275 g/mol. The summed E-state index contributed by atoms with van der Waals surface area (Å²) in [6.45, 7) is 4.67. The summed E-state index contributed by atoms with van der Waals surface area (Å²) in [5.41, 5.74) is 10.5. The second-order valence-corrected chi connectivity index (χ2v) is 5.24. The minimum absolute atomic E-state index is 0.0952. The molecule has 0 amide bonds. The Morgan fingerprint density at radius 1 is 1.11 bits per heavy atom. The van der Waals surface area contributed by atoms with Crippen LogP contribution in [0.3, 0.4) is 0 Å². The van der Waals surface area contributed by atoms with Crippen LogP contribution in [0.25, 0.3) is 0 Å². The van der Waals surface area contributed by atoms with Gasteiger partial charge in [-0.25, -0.2) is 0 Å². The lowest BCUT2D eigenvalue weighted by molar-refractivity contribution is 0.788. The van der Waals surface area contributed by atoms with Gasteiger partial charge in [-0.05, 0) is 37.1 Å². The Bertz CT molecular complexity index is 549. The quantitative estimate of drug-likeness (QED) is 0.882. The van der Waals surface area contributed by atoms with Crippen molar-refractivity contribution < 1.29 is 0 Å². The summed E-state index contributed by atoms with van der Waals surface area (Å²) in [6, 6.07) is 14.4. The maximum atomic E-state index is 6.04. The second-order valence-electron chi connectivity index (χ2n) is 4.80. The fraction of sp³-hybridized carbons (Fsp3) is 0.250. The van der Waals surface area contributed by atoms with Gasteiger partial charge in [0, 0.05) is 17.3 Å². The molecule has 2 aromatic carbocycles. The van der Waals surface area contributed by atoms with E-state index in [9.17, 15) is 0 Å². The van der Waals surface area contributed by atoms with Crippen molar-refractivity contribution >= 4 is 17.3 Å². The molecule has 0 aliphatic heterocycles. The van der Waals surface area contributed by atoms with Gasteiger partial charge in [0.05, 0.1) is 6.04 Å². The van der Waals surface area contributed by atoms with Crippen LogP contribution in [0.2, 0.25) is 5.02 Å². The smallest absolute Gasteiger partial charge is 0.0636 e. The predicted octanol–water partition coefficient (Wildman–Crippen LogP) is 4.07. The molecule has 2 rings (SSSR count). The van der Waals surface area contributed by atoms with Gasteiger partial charge < -0.3 is 11.1 Å². The van der Waals surface area contributed by atoms with Crippen molar-refractivity contribution in [2.24, 2.45) is 5.73 Å². The molecule has 3 heteroatoms. The molecule has 0 aromatic heterocycles. The normalized spacial score (nSPS) is 12.2. The first kappa shape index (κ1) is 13.9.